The van der Waals surface area contributed by atoms with Crippen LogP contribution < -0.4 is 11.0 Å². The molecule has 1 atom stereocenters. The van der Waals surface area contributed by atoms with Gasteiger partial charge in [0.15, 0.2) is 5.82 Å². The Labute approximate surface area is 148 Å². The van der Waals surface area contributed by atoms with Crippen LogP contribution >= 0.6 is 0 Å². The second-order valence-corrected chi connectivity index (χ2v) is 6.22. The summed E-state index contributed by atoms with van der Waals surface area (Å²) < 4.78 is 0. The lowest BCUT2D eigenvalue weighted by atomic mass is 10.1. The molecule has 1 fully saturated rings. The number of nitrogens with zero attached hydrogens (tertiary/aromatic N) is 3. The van der Waals surface area contributed by atoms with Crippen LogP contribution in [0.25, 0.3) is 22.3 Å². The van der Waals surface area contributed by atoms with Crippen molar-refractivity contribution in [3.8, 4) is 11.5 Å². The summed E-state index contributed by atoms with van der Waals surface area (Å²) in [5, 5.41) is 11.7. The van der Waals surface area contributed by atoms with E-state index in [2.05, 4.69) is 32.1 Å². The Hall–Kier alpha value is -3.42. The number of fused-ring (bicyclic) bond motifs is 1. The van der Waals surface area contributed by atoms with E-state index in [9.17, 15) is 9.59 Å². The van der Waals surface area contributed by atoms with E-state index in [1.807, 2.05) is 30.3 Å². The summed E-state index contributed by atoms with van der Waals surface area (Å²) in [6.45, 7) is 4.83. The first kappa shape index (κ1) is 16.1. The summed E-state index contributed by atoms with van der Waals surface area (Å²) >= 11 is 0. The molecule has 0 saturated carbocycles. The Kier molecular flexibility index (Phi) is 4.00. The van der Waals surface area contributed by atoms with Crippen molar-refractivity contribution >= 4 is 22.5 Å². The highest BCUT2D eigenvalue weighted by Gasteiger charge is 2.25. The quantitative estimate of drug-likeness (QED) is 0.619. The van der Waals surface area contributed by atoms with Crippen LogP contribution in [0.3, 0.4) is 0 Å². The number of pyridine rings is 1. The molecule has 1 aliphatic heterocycles. The topological polar surface area (TPSA) is 107 Å². The number of hydrogen-bond donors (Lipinski definition) is 3. The Balaban J connectivity index is 1.68. The van der Waals surface area contributed by atoms with Crippen molar-refractivity contribution in [2.45, 2.75) is 12.5 Å². The van der Waals surface area contributed by atoms with Gasteiger partial charge in [0.1, 0.15) is 11.5 Å². The maximum atomic E-state index is 11.8. The number of rotatable bonds is 4. The highest BCUT2D eigenvalue weighted by molar-refractivity contribution is 5.94. The lowest BCUT2D eigenvalue weighted by Gasteiger charge is -2.17. The van der Waals surface area contributed by atoms with Crippen LogP contribution in [0, 0.1) is 0 Å². The molecule has 3 N–H and O–H groups in total. The minimum absolute atomic E-state index is 0.0602. The van der Waals surface area contributed by atoms with Gasteiger partial charge in [-0.1, -0.05) is 30.8 Å². The molecule has 3 aromatic rings. The minimum atomic E-state index is -0.376. The van der Waals surface area contributed by atoms with Crippen molar-refractivity contribution < 1.29 is 4.79 Å². The van der Waals surface area contributed by atoms with Gasteiger partial charge in [-0.15, -0.1) is 0 Å². The monoisotopic (exact) mass is 350 g/mol. The first-order valence-electron chi connectivity index (χ1n) is 8.37. The van der Waals surface area contributed by atoms with Gasteiger partial charge in [-0.25, -0.2) is 14.9 Å². The number of H-pyrrole nitrogens is 2. The van der Waals surface area contributed by atoms with E-state index < -0.39 is 0 Å². The first-order valence-corrected chi connectivity index (χ1v) is 8.37. The average molecular weight is 350 g/mol. The van der Waals surface area contributed by atoms with Crippen molar-refractivity contribution in [2.75, 3.05) is 18.4 Å². The van der Waals surface area contributed by atoms with E-state index in [-0.39, 0.29) is 17.6 Å². The van der Waals surface area contributed by atoms with Gasteiger partial charge >= 0.3 is 5.69 Å². The van der Waals surface area contributed by atoms with Crippen molar-refractivity contribution in [1.29, 1.82) is 0 Å². The molecule has 0 radical (unpaired) electrons. The van der Waals surface area contributed by atoms with Gasteiger partial charge in [0, 0.05) is 24.5 Å². The fraction of sp³-hybridized carbons (Fsp3) is 0.222. The van der Waals surface area contributed by atoms with Gasteiger partial charge in [-0.3, -0.25) is 9.78 Å². The summed E-state index contributed by atoms with van der Waals surface area (Å²) in [5.41, 5.74) is 0.195. The standard InChI is InChI=1S/C18H18N6O2/c1-2-15(25)24-8-7-12(10-24)19-16-13-6-4-3-5-11(13)9-14(20-16)17-21-18(26)23-22-17/h2-6,9,12H,1,7-8,10H2,(H,19,20)(H2,21,22,23,26). The summed E-state index contributed by atoms with van der Waals surface area (Å²) in [5.74, 6) is 1.04. The maximum Gasteiger partial charge on any atom is 0.340 e. The van der Waals surface area contributed by atoms with E-state index in [0.717, 1.165) is 17.2 Å². The number of carbonyl (C=O) groups is 1. The Morgan fingerprint density at radius 2 is 2.23 bits per heavy atom. The van der Waals surface area contributed by atoms with Crippen LogP contribution in [0.15, 0.2) is 47.8 Å². The lowest BCUT2D eigenvalue weighted by Crippen LogP contribution is -2.30. The van der Waals surface area contributed by atoms with Crippen LogP contribution in [0.2, 0.25) is 0 Å². The zero-order chi connectivity index (χ0) is 18.1. The Morgan fingerprint density at radius 1 is 1.38 bits per heavy atom. The fourth-order valence-corrected chi connectivity index (χ4v) is 3.22. The number of carbonyl (C=O) groups excluding carboxylic acids is 1. The smallest absolute Gasteiger partial charge is 0.340 e. The molecule has 0 bridgehead atoms. The number of benzene rings is 1. The lowest BCUT2D eigenvalue weighted by molar-refractivity contribution is -0.125. The molecule has 132 valence electrons. The zero-order valence-electron chi connectivity index (χ0n) is 14.0. The molecule has 4 rings (SSSR count). The summed E-state index contributed by atoms with van der Waals surface area (Å²) in [6.07, 6.45) is 2.17. The highest BCUT2D eigenvalue weighted by atomic mass is 16.2. The number of aromatic amines is 2. The molecule has 1 aliphatic rings. The summed E-state index contributed by atoms with van der Waals surface area (Å²) in [7, 11) is 0. The molecule has 2 aromatic heterocycles. The van der Waals surface area contributed by atoms with E-state index in [1.54, 1.807) is 4.90 Å². The molecule has 1 aromatic carbocycles. The predicted octanol–water partition coefficient (Wildman–Crippen LogP) is 1.51. The van der Waals surface area contributed by atoms with Crippen molar-refractivity contribution in [3.05, 3.63) is 53.5 Å². The number of anilines is 1. The van der Waals surface area contributed by atoms with Crippen LogP contribution in [0.4, 0.5) is 5.82 Å². The van der Waals surface area contributed by atoms with Gasteiger partial charge in [0.05, 0.1) is 0 Å². The van der Waals surface area contributed by atoms with Gasteiger partial charge < -0.3 is 10.2 Å². The average Bonchev–Trinajstić information content (AvgIpc) is 3.30. The maximum absolute atomic E-state index is 11.8. The largest absolute Gasteiger partial charge is 0.365 e. The molecule has 8 heteroatoms. The van der Waals surface area contributed by atoms with E-state index in [1.165, 1.54) is 6.08 Å². The second kappa shape index (κ2) is 6.47. The van der Waals surface area contributed by atoms with E-state index in [0.29, 0.717) is 30.4 Å². The molecule has 8 nitrogen and oxygen atoms in total. The second-order valence-electron chi connectivity index (χ2n) is 6.22. The highest BCUT2D eigenvalue weighted by Crippen LogP contribution is 2.27. The molecule has 1 unspecified atom stereocenters. The van der Waals surface area contributed by atoms with Crippen molar-refractivity contribution in [3.63, 3.8) is 0 Å². The van der Waals surface area contributed by atoms with Gasteiger partial charge in [0.2, 0.25) is 5.91 Å². The first-order chi connectivity index (χ1) is 12.6. The third kappa shape index (κ3) is 2.97. The number of hydrogen-bond acceptors (Lipinski definition) is 5. The molecule has 1 saturated heterocycles. The molecule has 26 heavy (non-hydrogen) atoms. The molecule has 0 spiro atoms. The molecular weight excluding hydrogens is 332 g/mol. The molecule has 1 amide bonds. The van der Waals surface area contributed by atoms with Crippen LogP contribution in [-0.4, -0.2) is 50.1 Å². The predicted molar refractivity (Wildman–Crippen MR) is 98.8 cm³/mol. The fourth-order valence-electron chi connectivity index (χ4n) is 3.22. The van der Waals surface area contributed by atoms with Gasteiger partial charge in [-0.2, -0.15) is 5.10 Å². The van der Waals surface area contributed by atoms with Gasteiger partial charge in [-0.05, 0) is 23.9 Å². The normalized spacial score (nSPS) is 16.8. The summed E-state index contributed by atoms with van der Waals surface area (Å²) in [6, 6.07) is 9.86. The van der Waals surface area contributed by atoms with Gasteiger partial charge in [0.25, 0.3) is 0 Å². The van der Waals surface area contributed by atoms with Crippen molar-refractivity contribution in [1.82, 2.24) is 25.1 Å². The molecular formula is C18H18N6O2. The molecule has 3 heterocycles. The van der Waals surface area contributed by atoms with Crippen molar-refractivity contribution in [2.24, 2.45) is 0 Å². The molecule has 0 aliphatic carbocycles. The van der Waals surface area contributed by atoms with Crippen LogP contribution in [0.5, 0.6) is 0 Å². The minimum Gasteiger partial charge on any atom is -0.365 e. The number of amides is 1. The number of aromatic nitrogens is 4. The zero-order valence-corrected chi connectivity index (χ0v) is 14.0. The third-order valence-electron chi connectivity index (χ3n) is 4.50. The number of nitrogens with one attached hydrogen (secondary N) is 3. The number of likely N-dealkylation sites (tertiary alicyclic amines) is 1. The van der Waals surface area contributed by atoms with Crippen LogP contribution in [-0.2, 0) is 4.79 Å². The summed E-state index contributed by atoms with van der Waals surface area (Å²) in [4.78, 5) is 32.2. The van der Waals surface area contributed by atoms with E-state index >= 15 is 0 Å². The third-order valence-corrected chi connectivity index (χ3v) is 4.50. The SMILES string of the molecule is C=CC(=O)N1CCC(Nc2nc(-c3n[nH]c(=O)[nH]3)cc3ccccc23)C1. The van der Waals surface area contributed by atoms with Crippen LogP contribution in [0.1, 0.15) is 6.42 Å². The Bertz CT molecular complexity index is 1040. The Morgan fingerprint density at radius 3 is 3.00 bits per heavy atom. The van der Waals surface area contributed by atoms with E-state index in [4.69, 9.17) is 0 Å².